The minimum atomic E-state index is -0.0746. The Hall–Kier alpha value is -0.840. The number of thiophene rings is 1. The van der Waals surface area contributed by atoms with E-state index in [4.69, 9.17) is 10.5 Å². The van der Waals surface area contributed by atoms with Crippen molar-refractivity contribution in [2.24, 2.45) is 5.73 Å². The average molecular weight is 326 g/mol. The molecule has 1 heterocycles. The maximum Gasteiger partial charge on any atom is 0.119 e. The molecule has 1 unspecified atom stereocenters. The Bertz CT molecular complexity index is 507. The van der Waals surface area contributed by atoms with E-state index in [0.29, 0.717) is 0 Å². The molecule has 4 heteroatoms. The van der Waals surface area contributed by atoms with E-state index in [1.54, 1.807) is 11.3 Å². The van der Waals surface area contributed by atoms with E-state index in [9.17, 15) is 0 Å². The van der Waals surface area contributed by atoms with Gasteiger partial charge in [0, 0.05) is 4.88 Å². The zero-order valence-corrected chi connectivity index (χ0v) is 12.8. The van der Waals surface area contributed by atoms with Crippen molar-refractivity contribution in [3.63, 3.8) is 0 Å². The lowest BCUT2D eigenvalue weighted by Gasteiger charge is -2.13. The Morgan fingerprint density at radius 3 is 2.28 bits per heavy atom. The smallest absolute Gasteiger partial charge is 0.119 e. The number of rotatable bonds is 4. The Morgan fingerprint density at radius 2 is 1.78 bits per heavy atom. The third kappa shape index (κ3) is 3.34. The maximum absolute atomic E-state index is 6.23. The molecule has 0 amide bonds. The van der Waals surface area contributed by atoms with E-state index >= 15 is 0 Å². The van der Waals surface area contributed by atoms with Crippen LogP contribution in [0.3, 0.4) is 0 Å². The number of hydrogen-bond acceptors (Lipinski definition) is 3. The van der Waals surface area contributed by atoms with Crippen LogP contribution < -0.4 is 10.5 Å². The topological polar surface area (TPSA) is 35.2 Å². The molecular weight excluding hydrogens is 310 g/mol. The second-order valence-electron chi connectivity index (χ2n) is 4.36. The lowest BCUT2D eigenvalue weighted by molar-refractivity contribution is 0.242. The Balaban J connectivity index is 2.14. The molecule has 2 nitrogen and oxygen atoms in total. The molecule has 18 heavy (non-hydrogen) atoms. The Labute approximate surface area is 120 Å². The summed E-state index contributed by atoms with van der Waals surface area (Å²) in [5, 5.41) is 0. The third-order valence-electron chi connectivity index (χ3n) is 2.51. The van der Waals surface area contributed by atoms with Gasteiger partial charge in [-0.1, -0.05) is 12.1 Å². The molecule has 0 aliphatic carbocycles. The van der Waals surface area contributed by atoms with Crippen LogP contribution in [0.4, 0.5) is 0 Å². The Kier molecular flexibility index (Phi) is 4.43. The molecular formula is C14H16BrNOS. The van der Waals surface area contributed by atoms with Crippen LogP contribution in [0.15, 0.2) is 40.2 Å². The van der Waals surface area contributed by atoms with Gasteiger partial charge in [0.1, 0.15) is 5.75 Å². The fraction of sp³-hybridized carbons (Fsp3) is 0.286. The monoisotopic (exact) mass is 325 g/mol. The summed E-state index contributed by atoms with van der Waals surface area (Å²) in [5.74, 6) is 0.883. The minimum absolute atomic E-state index is 0.0746. The molecule has 0 saturated carbocycles. The molecule has 0 aliphatic heterocycles. The fourth-order valence-corrected chi connectivity index (χ4v) is 3.14. The van der Waals surface area contributed by atoms with Gasteiger partial charge in [-0.25, -0.2) is 0 Å². The van der Waals surface area contributed by atoms with E-state index in [1.807, 2.05) is 44.2 Å². The standard InChI is InChI=1S/C14H16BrNOS/c1-9(2)17-11-5-3-10(4-6-11)14(16)12-7-8-13(15)18-12/h3-9,14H,16H2,1-2H3. The molecule has 0 fully saturated rings. The first-order valence-electron chi connectivity index (χ1n) is 5.83. The van der Waals surface area contributed by atoms with Gasteiger partial charge >= 0.3 is 0 Å². The predicted octanol–water partition coefficient (Wildman–Crippen LogP) is 4.35. The van der Waals surface area contributed by atoms with Crippen molar-refractivity contribution in [3.05, 3.63) is 50.6 Å². The summed E-state index contributed by atoms with van der Waals surface area (Å²) < 4.78 is 6.72. The van der Waals surface area contributed by atoms with Crippen molar-refractivity contribution in [3.8, 4) is 5.75 Å². The highest BCUT2D eigenvalue weighted by atomic mass is 79.9. The molecule has 2 aromatic rings. The van der Waals surface area contributed by atoms with Crippen molar-refractivity contribution in [2.45, 2.75) is 26.0 Å². The van der Waals surface area contributed by atoms with Crippen molar-refractivity contribution >= 4 is 27.3 Å². The second-order valence-corrected chi connectivity index (χ2v) is 6.85. The van der Waals surface area contributed by atoms with Crippen molar-refractivity contribution in [1.29, 1.82) is 0 Å². The van der Waals surface area contributed by atoms with E-state index in [1.165, 1.54) is 0 Å². The van der Waals surface area contributed by atoms with Crippen molar-refractivity contribution in [1.82, 2.24) is 0 Å². The summed E-state index contributed by atoms with van der Waals surface area (Å²) >= 11 is 5.12. The van der Waals surface area contributed by atoms with Gasteiger partial charge in [-0.2, -0.15) is 0 Å². The molecule has 1 aromatic heterocycles. The van der Waals surface area contributed by atoms with Gasteiger partial charge < -0.3 is 10.5 Å². The summed E-state index contributed by atoms with van der Waals surface area (Å²) in [6, 6.07) is 12.0. The number of ether oxygens (including phenoxy) is 1. The second kappa shape index (κ2) is 5.87. The first-order valence-corrected chi connectivity index (χ1v) is 7.44. The third-order valence-corrected chi connectivity index (χ3v) is 4.22. The molecule has 2 N–H and O–H groups in total. The van der Waals surface area contributed by atoms with Gasteiger partial charge in [-0.3, -0.25) is 0 Å². The van der Waals surface area contributed by atoms with Gasteiger partial charge in [-0.05, 0) is 59.6 Å². The highest BCUT2D eigenvalue weighted by Gasteiger charge is 2.11. The molecule has 0 radical (unpaired) electrons. The molecule has 1 aromatic carbocycles. The molecule has 0 saturated heterocycles. The minimum Gasteiger partial charge on any atom is -0.491 e. The van der Waals surface area contributed by atoms with E-state index in [2.05, 4.69) is 22.0 Å². The number of halogens is 1. The summed E-state index contributed by atoms with van der Waals surface area (Å²) in [5.41, 5.74) is 7.33. The van der Waals surface area contributed by atoms with Crippen LogP contribution in [-0.2, 0) is 0 Å². The maximum atomic E-state index is 6.23. The van der Waals surface area contributed by atoms with Crippen LogP contribution in [0.2, 0.25) is 0 Å². The largest absolute Gasteiger partial charge is 0.491 e. The van der Waals surface area contributed by atoms with Crippen LogP contribution in [0.5, 0.6) is 5.75 Å². The van der Waals surface area contributed by atoms with Crippen LogP contribution in [0.25, 0.3) is 0 Å². The summed E-state index contributed by atoms with van der Waals surface area (Å²) in [6.45, 7) is 4.03. The van der Waals surface area contributed by atoms with Crippen molar-refractivity contribution < 1.29 is 4.74 Å². The van der Waals surface area contributed by atoms with Gasteiger partial charge in [0.25, 0.3) is 0 Å². The Morgan fingerprint density at radius 1 is 1.11 bits per heavy atom. The van der Waals surface area contributed by atoms with Crippen molar-refractivity contribution in [2.75, 3.05) is 0 Å². The zero-order valence-electron chi connectivity index (χ0n) is 10.4. The number of hydrogen-bond donors (Lipinski definition) is 1. The number of nitrogens with two attached hydrogens (primary N) is 1. The van der Waals surface area contributed by atoms with Crippen LogP contribution in [0, 0.1) is 0 Å². The summed E-state index contributed by atoms with van der Waals surface area (Å²) in [7, 11) is 0. The van der Waals surface area contributed by atoms with Crippen LogP contribution >= 0.6 is 27.3 Å². The van der Waals surface area contributed by atoms with Gasteiger partial charge in [0.15, 0.2) is 0 Å². The lowest BCUT2D eigenvalue weighted by atomic mass is 10.1. The SMILES string of the molecule is CC(C)Oc1ccc(C(N)c2ccc(Br)s2)cc1. The predicted molar refractivity (Wildman–Crippen MR) is 80.3 cm³/mol. The summed E-state index contributed by atoms with van der Waals surface area (Å²) in [4.78, 5) is 1.15. The van der Waals surface area contributed by atoms with Gasteiger partial charge in [0.2, 0.25) is 0 Å². The van der Waals surface area contributed by atoms with E-state index in [-0.39, 0.29) is 12.1 Å². The zero-order chi connectivity index (χ0) is 13.1. The molecule has 0 bridgehead atoms. The normalized spacial score (nSPS) is 12.7. The molecule has 2 rings (SSSR count). The van der Waals surface area contributed by atoms with E-state index < -0.39 is 0 Å². The highest BCUT2D eigenvalue weighted by Crippen LogP contribution is 2.30. The average Bonchev–Trinajstić information content (AvgIpc) is 2.75. The quantitative estimate of drug-likeness (QED) is 0.907. The van der Waals surface area contributed by atoms with Crippen LogP contribution in [-0.4, -0.2) is 6.10 Å². The highest BCUT2D eigenvalue weighted by molar-refractivity contribution is 9.11. The first kappa shape index (κ1) is 13.6. The molecule has 0 spiro atoms. The molecule has 0 aliphatic rings. The molecule has 1 atom stereocenters. The first-order chi connectivity index (χ1) is 8.56. The number of benzene rings is 1. The van der Waals surface area contributed by atoms with Gasteiger partial charge in [0.05, 0.1) is 15.9 Å². The summed E-state index contributed by atoms with van der Waals surface area (Å²) in [6.07, 6.45) is 0.192. The fourth-order valence-electron chi connectivity index (χ4n) is 1.69. The van der Waals surface area contributed by atoms with Crippen LogP contribution in [0.1, 0.15) is 30.3 Å². The molecule has 96 valence electrons. The van der Waals surface area contributed by atoms with E-state index in [0.717, 1.165) is 20.0 Å². The van der Waals surface area contributed by atoms with Gasteiger partial charge in [-0.15, -0.1) is 11.3 Å². The lowest BCUT2D eigenvalue weighted by Crippen LogP contribution is -2.10.